The highest BCUT2D eigenvalue weighted by atomic mass is 35.5. The number of nitrogens with one attached hydrogen (secondary N) is 1. The first-order chi connectivity index (χ1) is 14.0. The zero-order valence-electron chi connectivity index (χ0n) is 15.3. The minimum Gasteiger partial charge on any atom is -0.485 e. The van der Waals surface area contributed by atoms with Crippen molar-refractivity contribution < 1.29 is 9.15 Å². The van der Waals surface area contributed by atoms with Crippen molar-refractivity contribution in [3.05, 3.63) is 75.4 Å². The summed E-state index contributed by atoms with van der Waals surface area (Å²) in [5.41, 5.74) is 7.38. The second-order valence-electron chi connectivity index (χ2n) is 6.26. The predicted molar refractivity (Wildman–Crippen MR) is 111 cm³/mol. The first-order valence-corrected chi connectivity index (χ1v) is 9.04. The van der Waals surface area contributed by atoms with E-state index in [2.05, 4.69) is 20.3 Å². The fourth-order valence-electron chi connectivity index (χ4n) is 2.80. The van der Waals surface area contributed by atoms with Crippen molar-refractivity contribution in [2.75, 3.05) is 11.1 Å². The van der Waals surface area contributed by atoms with Crippen molar-refractivity contribution in [1.29, 1.82) is 0 Å². The van der Waals surface area contributed by atoms with Crippen molar-refractivity contribution in [2.45, 2.75) is 13.5 Å². The standard InChI is InChI=1S/C20H16ClN5O3/c1-11-7-18(27)29-16-9-14(5-6-15(11)16)28-10-17-24-19(22)26-20(25-17)23-13-4-2-3-12(21)8-13/h2-9H,10H2,1H3,(H3,22,23,24,25,26). The number of nitrogen functional groups attached to an aromatic ring is 1. The lowest BCUT2D eigenvalue weighted by molar-refractivity contribution is 0.296. The van der Waals surface area contributed by atoms with Gasteiger partial charge in [0.2, 0.25) is 11.9 Å². The molecule has 2 heterocycles. The van der Waals surface area contributed by atoms with E-state index in [1.165, 1.54) is 6.07 Å². The number of aromatic nitrogens is 3. The third kappa shape index (κ3) is 4.44. The Hall–Kier alpha value is -3.65. The van der Waals surface area contributed by atoms with Gasteiger partial charge in [-0.3, -0.25) is 0 Å². The normalized spacial score (nSPS) is 10.8. The van der Waals surface area contributed by atoms with Gasteiger partial charge in [-0.2, -0.15) is 15.0 Å². The summed E-state index contributed by atoms with van der Waals surface area (Å²) in [7, 11) is 0. The van der Waals surface area contributed by atoms with Crippen molar-refractivity contribution >= 4 is 40.2 Å². The smallest absolute Gasteiger partial charge is 0.336 e. The number of aryl methyl sites for hydroxylation is 1. The van der Waals surface area contributed by atoms with Gasteiger partial charge in [-0.15, -0.1) is 0 Å². The van der Waals surface area contributed by atoms with Crippen LogP contribution in [-0.4, -0.2) is 15.0 Å². The summed E-state index contributed by atoms with van der Waals surface area (Å²) in [6.45, 7) is 1.90. The zero-order valence-corrected chi connectivity index (χ0v) is 16.1. The van der Waals surface area contributed by atoms with E-state index in [1.54, 1.807) is 30.3 Å². The van der Waals surface area contributed by atoms with E-state index in [9.17, 15) is 4.79 Å². The summed E-state index contributed by atoms with van der Waals surface area (Å²) in [6, 6.07) is 13.8. The molecule has 0 saturated carbocycles. The number of hydrogen-bond donors (Lipinski definition) is 2. The van der Waals surface area contributed by atoms with Gasteiger partial charge in [0.15, 0.2) is 5.82 Å². The van der Waals surface area contributed by atoms with Crippen LogP contribution >= 0.6 is 11.6 Å². The van der Waals surface area contributed by atoms with Crippen LogP contribution in [-0.2, 0) is 6.61 Å². The molecule has 0 bridgehead atoms. The molecule has 0 radical (unpaired) electrons. The molecule has 2 aromatic heterocycles. The molecule has 0 spiro atoms. The van der Waals surface area contributed by atoms with Gasteiger partial charge in [-0.25, -0.2) is 4.79 Å². The van der Waals surface area contributed by atoms with E-state index in [4.69, 9.17) is 26.5 Å². The molecule has 2 aromatic carbocycles. The van der Waals surface area contributed by atoms with Crippen LogP contribution in [0.5, 0.6) is 5.75 Å². The summed E-state index contributed by atoms with van der Waals surface area (Å²) in [4.78, 5) is 24.0. The summed E-state index contributed by atoms with van der Waals surface area (Å²) in [5, 5.41) is 4.45. The number of rotatable bonds is 5. The average molecular weight is 410 g/mol. The Morgan fingerprint density at radius 2 is 2.00 bits per heavy atom. The van der Waals surface area contributed by atoms with Gasteiger partial charge in [0.1, 0.15) is 17.9 Å². The SMILES string of the molecule is Cc1cc(=O)oc2cc(OCc3nc(N)nc(Nc4cccc(Cl)c4)n3)ccc12. The van der Waals surface area contributed by atoms with E-state index < -0.39 is 5.63 Å². The lowest BCUT2D eigenvalue weighted by Gasteiger charge is -2.09. The molecule has 4 aromatic rings. The second kappa shape index (κ2) is 7.76. The van der Waals surface area contributed by atoms with Crippen LogP contribution in [0.3, 0.4) is 0 Å². The maximum Gasteiger partial charge on any atom is 0.336 e. The van der Waals surface area contributed by atoms with Crippen LogP contribution in [0.15, 0.2) is 57.7 Å². The number of fused-ring (bicyclic) bond motifs is 1. The van der Waals surface area contributed by atoms with Crippen LogP contribution in [0.2, 0.25) is 5.02 Å². The predicted octanol–water partition coefficient (Wildman–Crippen LogP) is 3.84. The number of hydrogen-bond acceptors (Lipinski definition) is 8. The van der Waals surface area contributed by atoms with E-state index in [0.717, 1.165) is 16.6 Å². The molecule has 0 atom stereocenters. The molecule has 0 fully saturated rings. The van der Waals surface area contributed by atoms with Crippen LogP contribution < -0.4 is 21.4 Å². The highest BCUT2D eigenvalue weighted by Gasteiger charge is 2.08. The molecule has 0 amide bonds. The lowest BCUT2D eigenvalue weighted by Crippen LogP contribution is -2.09. The molecule has 0 unspecified atom stereocenters. The van der Waals surface area contributed by atoms with Crippen molar-refractivity contribution in [1.82, 2.24) is 15.0 Å². The van der Waals surface area contributed by atoms with E-state index in [1.807, 2.05) is 19.1 Å². The molecule has 0 aliphatic heterocycles. The Morgan fingerprint density at radius 3 is 2.83 bits per heavy atom. The van der Waals surface area contributed by atoms with E-state index >= 15 is 0 Å². The molecule has 4 rings (SSSR count). The van der Waals surface area contributed by atoms with Crippen LogP contribution in [0, 0.1) is 6.92 Å². The van der Waals surface area contributed by atoms with Crippen molar-refractivity contribution in [3.63, 3.8) is 0 Å². The third-order valence-electron chi connectivity index (χ3n) is 4.07. The quantitative estimate of drug-likeness (QED) is 0.477. The molecule has 8 nitrogen and oxygen atoms in total. The number of ether oxygens (including phenoxy) is 1. The van der Waals surface area contributed by atoms with Gasteiger partial charge in [-0.1, -0.05) is 17.7 Å². The number of nitrogens with two attached hydrogens (primary N) is 1. The van der Waals surface area contributed by atoms with Crippen molar-refractivity contribution in [3.8, 4) is 5.75 Å². The van der Waals surface area contributed by atoms with Gasteiger partial charge < -0.3 is 20.2 Å². The van der Waals surface area contributed by atoms with Crippen molar-refractivity contribution in [2.24, 2.45) is 0 Å². The fraction of sp³-hybridized carbons (Fsp3) is 0.100. The molecular weight excluding hydrogens is 394 g/mol. The highest BCUT2D eigenvalue weighted by Crippen LogP contribution is 2.23. The third-order valence-corrected chi connectivity index (χ3v) is 4.31. The van der Waals surface area contributed by atoms with Crippen LogP contribution in [0.4, 0.5) is 17.6 Å². The minimum atomic E-state index is -0.408. The first kappa shape index (κ1) is 18.7. The summed E-state index contributed by atoms with van der Waals surface area (Å²) in [5.74, 6) is 1.18. The Balaban J connectivity index is 1.53. The maximum atomic E-state index is 11.6. The van der Waals surface area contributed by atoms with E-state index in [-0.39, 0.29) is 18.5 Å². The number of nitrogens with zero attached hydrogens (tertiary/aromatic N) is 3. The van der Waals surface area contributed by atoms with Crippen LogP contribution in [0.25, 0.3) is 11.0 Å². The summed E-state index contributed by atoms with van der Waals surface area (Å²) in [6.07, 6.45) is 0. The minimum absolute atomic E-state index is 0.0541. The molecule has 3 N–H and O–H groups in total. The Labute approximate surface area is 170 Å². The van der Waals surface area contributed by atoms with Gasteiger partial charge in [0, 0.05) is 28.2 Å². The molecule has 29 heavy (non-hydrogen) atoms. The van der Waals surface area contributed by atoms with Gasteiger partial charge in [-0.05, 0) is 42.8 Å². The first-order valence-electron chi connectivity index (χ1n) is 8.66. The second-order valence-corrected chi connectivity index (χ2v) is 6.70. The topological polar surface area (TPSA) is 116 Å². The molecule has 0 aliphatic rings. The molecular formula is C20H16ClN5O3. The Kier molecular flexibility index (Phi) is 5.01. The van der Waals surface area contributed by atoms with Crippen LogP contribution in [0.1, 0.15) is 11.4 Å². The van der Waals surface area contributed by atoms with Gasteiger partial charge >= 0.3 is 5.63 Å². The largest absolute Gasteiger partial charge is 0.485 e. The number of benzene rings is 2. The molecule has 0 saturated heterocycles. The van der Waals surface area contributed by atoms with Gasteiger partial charge in [0.05, 0.1) is 0 Å². The maximum absolute atomic E-state index is 11.6. The Morgan fingerprint density at radius 1 is 1.14 bits per heavy atom. The Bertz CT molecular complexity index is 1260. The zero-order chi connectivity index (χ0) is 20.4. The summed E-state index contributed by atoms with van der Waals surface area (Å²) >= 11 is 5.99. The molecule has 146 valence electrons. The highest BCUT2D eigenvalue weighted by molar-refractivity contribution is 6.30. The molecule has 0 aliphatic carbocycles. The molecule has 9 heteroatoms. The fourth-order valence-corrected chi connectivity index (χ4v) is 2.99. The number of anilines is 3. The monoisotopic (exact) mass is 409 g/mol. The number of halogens is 1. The summed E-state index contributed by atoms with van der Waals surface area (Å²) < 4.78 is 11.0. The average Bonchev–Trinajstić information content (AvgIpc) is 2.65. The lowest BCUT2D eigenvalue weighted by atomic mass is 10.1. The van der Waals surface area contributed by atoms with Gasteiger partial charge in [0.25, 0.3) is 0 Å². The van der Waals surface area contributed by atoms with E-state index in [0.29, 0.717) is 22.2 Å².